The minimum atomic E-state index is -4.59. The molecule has 4 N–H and O–H groups in total. The van der Waals surface area contributed by atoms with Crippen LogP contribution in [0, 0.1) is 33.3 Å². The molecule has 4 unspecified atom stereocenters. The van der Waals surface area contributed by atoms with Crippen LogP contribution in [0.4, 0.5) is 17.1 Å². The number of aliphatic hydroxyl groups is 1. The van der Waals surface area contributed by atoms with E-state index in [9.17, 15) is 28.4 Å². The lowest BCUT2D eigenvalue weighted by molar-refractivity contribution is -0.384. The lowest BCUT2D eigenvalue weighted by Gasteiger charge is -2.58. The van der Waals surface area contributed by atoms with Gasteiger partial charge in [0.2, 0.25) is 0 Å². The minimum absolute atomic E-state index is 0.0235. The quantitative estimate of drug-likeness (QED) is 0.0572. The van der Waals surface area contributed by atoms with Crippen LogP contribution in [0.5, 0.6) is 11.5 Å². The van der Waals surface area contributed by atoms with E-state index in [1.165, 1.54) is 23.3 Å². The Kier molecular flexibility index (Phi) is 14.6. The van der Waals surface area contributed by atoms with Crippen molar-refractivity contribution in [1.29, 1.82) is 0 Å². The second kappa shape index (κ2) is 21.4. The number of amides is 1. The number of sulfonamides is 1. The van der Waals surface area contributed by atoms with E-state index >= 15 is 0 Å². The largest absolute Gasteiger partial charge is 0.455 e. The molecular formula is C59H72N8O8S. The summed E-state index contributed by atoms with van der Waals surface area (Å²) in [5.74, 6) is 1.20. The zero-order valence-corrected chi connectivity index (χ0v) is 44.7. The van der Waals surface area contributed by atoms with Crippen molar-refractivity contribution >= 4 is 44.0 Å². The first-order chi connectivity index (χ1) is 36.6. The highest BCUT2D eigenvalue weighted by molar-refractivity contribution is 7.90. The smallest absolute Gasteiger partial charge is 0.293 e. The number of allylic oxidation sites excluding steroid dienone is 2. The molecule has 3 aliphatic heterocycles. The molecule has 0 radical (unpaired) electrons. The van der Waals surface area contributed by atoms with E-state index in [1.807, 2.05) is 19.1 Å². The average Bonchev–Trinajstić information content (AvgIpc) is 3.90. The number of aromatic nitrogens is 2. The summed E-state index contributed by atoms with van der Waals surface area (Å²) in [7, 11) is -4.59. The number of H-pyrrole nitrogens is 1. The standard InChI is InChI=1S/C59H72N8O8S/c1-39(2)47-8-4-5-10-49(47)53-38-64(37-42-19-29-74-54-11-7-6-9-48(42)54)27-28-66(53)44-33-59(34-44)22-25-65(26-23-59)43-12-14-50(55(31-43)75-45-30-41-18-24-60-56(41)62-36-45)57(68)63-76(72,73)46-13-15-51(52(32-46)67(70)71)61-35-40-16-20-58(3,69)21-17-40/h4-15,18,24,30-32,36,39-40,42,44,48,53-54,61,69H,16-17,19-23,25-29,33-35,37-38H2,1-3H3,(H,60,62)(H,63,68). The summed E-state index contributed by atoms with van der Waals surface area (Å²) in [6.45, 7) is 13.6. The van der Waals surface area contributed by atoms with Gasteiger partial charge in [-0.15, -0.1) is 0 Å². The van der Waals surface area contributed by atoms with Crippen molar-refractivity contribution in [2.24, 2.45) is 23.2 Å². The molecule has 11 rings (SSSR count). The van der Waals surface area contributed by atoms with Gasteiger partial charge in [0.05, 0.1) is 33.3 Å². The summed E-state index contributed by atoms with van der Waals surface area (Å²) in [6.07, 6.45) is 20.7. The predicted molar refractivity (Wildman–Crippen MR) is 294 cm³/mol. The first-order valence-electron chi connectivity index (χ1n) is 27.4. The second-order valence-electron chi connectivity index (χ2n) is 23.1. The van der Waals surface area contributed by atoms with Gasteiger partial charge in [-0.1, -0.05) is 62.4 Å². The summed E-state index contributed by atoms with van der Waals surface area (Å²) in [5.41, 5.74) is 3.68. The summed E-state index contributed by atoms with van der Waals surface area (Å²) < 4.78 is 42.5. The Labute approximate surface area is 446 Å². The molecule has 17 heteroatoms. The molecule has 2 saturated carbocycles. The third kappa shape index (κ3) is 11.0. The molecule has 3 saturated heterocycles. The number of piperidine rings is 1. The number of nitro groups is 1. The lowest BCUT2D eigenvalue weighted by atomic mass is 9.59. The SMILES string of the molecule is CC(C)c1ccccc1C1CN(CC2CCOC3C=CC=CC23)CCN1C1CC2(CCN(c3ccc(C(=O)NS(=O)(=O)c4ccc(NCC5CCC(C)(O)CC5)c([N+](=O)[O-])c4)c(Oc4cnc5[nH]ccc5c4)c3)CC2)C1. The summed E-state index contributed by atoms with van der Waals surface area (Å²) in [6, 6.07) is 22.4. The van der Waals surface area contributed by atoms with Gasteiger partial charge in [-0.2, -0.15) is 0 Å². The maximum atomic E-state index is 14.1. The number of pyridine rings is 1. The fourth-order valence-corrected chi connectivity index (χ4v) is 14.2. The molecule has 2 aromatic heterocycles. The number of ether oxygens (including phenoxy) is 2. The van der Waals surface area contributed by atoms with Gasteiger partial charge in [-0.3, -0.25) is 24.7 Å². The van der Waals surface area contributed by atoms with Gasteiger partial charge in [-0.25, -0.2) is 18.1 Å². The van der Waals surface area contributed by atoms with Crippen LogP contribution in [-0.2, 0) is 14.8 Å². The topological polar surface area (TPSA) is 195 Å². The van der Waals surface area contributed by atoms with Crippen LogP contribution in [0.2, 0.25) is 0 Å². The normalized spacial score (nSPS) is 26.1. The molecule has 5 aromatic rings. The van der Waals surface area contributed by atoms with Crippen molar-refractivity contribution < 1.29 is 32.7 Å². The maximum Gasteiger partial charge on any atom is 0.293 e. The number of nitrogens with zero attached hydrogens (tertiary/aromatic N) is 5. The number of hydrogen-bond donors (Lipinski definition) is 4. The maximum absolute atomic E-state index is 14.1. The van der Waals surface area contributed by atoms with Gasteiger partial charge in [0.25, 0.3) is 21.6 Å². The molecule has 16 nitrogen and oxygen atoms in total. The number of aromatic amines is 1. The van der Waals surface area contributed by atoms with Crippen molar-refractivity contribution in [3.05, 3.63) is 136 Å². The average molecular weight is 1050 g/mol. The van der Waals surface area contributed by atoms with Crippen LogP contribution in [0.1, 0.15) is 112 Å². The van der Waals surface area contributed by atoms with Crippen LogP contribution in [0.15, 0.2) is 114 Å². The van der Waals surface area contributed by atoms with Crippen molar-refractivity contribution in [2.45, 2.75) is 113 Å². The van der Waals surface area contributed by atoms with E-state index in [1.54, 1.807) is 30.6 Å². The van der Waals surface area contributed by atoms with Gasteiger partial charge >= 0.3 is 0 Å². The molecule has 1 spiro atoms. The number of hydrogen-bond acceptors (Lipinski definition) is 13. The molecule has 5 fully saturated rings. The van der Waals surface area contributed by atoms with Gasteiger partial charge in [-0.05, 0) is 135 Å². The van der Waals surface area contributed by atoms with Gasteiger partial charge in [0.15, 0.2) is 0 Å². The fourth-order valence-electron chi connectivity index (χ4n) is 13.2. The van der Waals surface area contributed by atoms with Crippen LogP contribution < -0.4 is 19.7 Å². The van der Waals surface area contributed by atoms with Gasteiger partial charge < -0.3 is 29.8 Å². The predicted octanol–water partition coefficient (Wildman–Crippen LogP) is 10.1. The van der Waals surface area contributed by atoms with Crippen LogP contribution >= 0.6 is 0 Å². The van der Waals surface area contributed by atoms with E-state index in [2.05, 4.69) is 97.1 Å². The number of nitrogens with one attached hydrogen (secondary N) is 3. The molecule has 5 heterocycles. The van der Waals surface area contributed by atoms with E-state index < -0.39 is 37.0 Å². The highest BCUT2D eigenvalue weighted by Crippen LogP contribution is 2.54. The molecular weight excluding hydrogens is 981 g/mol. The minimum Gasteiger partial charge on any atom is -0.455 e. The van der Waals surface area contributed by atoms with E-state index in [-0.39, 0.29) is 34.4 Å². The fraction of sp³-hybridized carbons (Fsp3) is 0.492. The van der Waals surface area contributed by atoms with Crippen molar-refractivity contribution in [3.8, 4) is 11.5 Å². The molecule has 4 atom stereocenters. The van der Waals surface area contributed by atoms with Gasteiger partial charge in [0, 0.05) is 99.8 Å². The number of carbonyl (C=O) groups is 1. The Hall–Kier alpha value is -6.11. The molecule has 3 aliphatic carbocycles. The molecule has 6 aliphatic rings. The van der Waals surface area contributed by atoms with E-state index in [4.69, 9.17) is 9.47 Å². The van der Waals surface area contributed by atoms with Crippen LogP contribution in [-0.4, -0.2) is 114 Å². The van der Waals surface area contributed by atoms with Crippen molar-refractivity contribution in [2.75, 3.05) is 62.6 Å². The number of piperazine rings is 1. The van der Waals surface area contributed by atoms with Crippen LogP contribution in [0.3, 0.4) is 0 Å². The van der Waals surface area contributed by atoms with Crippen molar-refractivity contribution in [3.63, 3.8) is 0 Å². The number of fused-ring (bicyclic) bond motifs is 2. The Bertz CT molecular complexity index is 3110. The third-order valence-corrected chi connectivity index (χ3v) is 19.0. The third-order valence-electron chi connectivity index (χ3n) is 17.7. The Morgan fingerprint density at radius 3 is 2.55 bits per heavy atom. The van der Waals surface area contributed by atoms with Crippen molar-refractivity contribution in [1.82, 2.24) is 24.5 Å². The Morgan fingerprint density at radius 1 is 0.974 bits per heavy atom. The number of anilines is 2. The first kappa shape index (κ1) is 52.0. The zero-order valence-electron chi connectivity index (χ0n) is 43.9. The summed E-state index contributed by atoms with van der Waals surface area (Å²) in [5, 5.41) is 26.5. The molecule has 402 valence electrons. The first-order valence-corrected chi connectivity index (χ1v) is 28.9. The summed E-state index contributed by atoms with van der Waals surface area (Å²) in [4.78, 5) is 40.8. The second-order valence-corrected chi connectivity index (χ2v) is 24.8. The van der Waals surface area contributed by atoms with E-state index in [0.29, 0.717) is 60.6 Å². The highest BCUT2D eigenvalue weighted by atomic mass is 32.2. The summed E-state index contributed by atoms with van der Waals surface area (Å²) >= 11 is 0. The number of nitro benzene ring substituents is 1. The molecule has 0 bridgehead atoms. The number of carbonyl (C=O) groups excluding carboxylic acids is 1. The number of rotatable bonds is 15. The monoisotopic (exact) mass is 1050 g/mol. The number of benzene rings is 3. The molecule has 76 heavy (non-hydrogen) atoms. The Balaban J connectivity index is 0.774. The van der Waals surface area contributed by atoms with Gasteiger partial charge in [0.1, 0.15) is 22.8 Å². The van der Waals surface area contributed by atoms with Crippen LogP contribution in [0.25, 0.3) is 11.0 Å². The van der Waals surface area contributed by atoms with E-state index in [0.717, 1.165) is 108 Å². The molecule has 1 amide bonds. The highest BCUT2D eigenvalue weighted by Gasteiger charge is 2.50. The molecule has 3 aromatic carbocycles. The zero-order chi connectivity index (χ0) is 52.8. The lowest BCUT2D eigenvalue weighted by Crippen LogP contribution is -2.60. The Morgan fingerprint density at radius 2 is 1.76 bits per heavy atom.